The average molecular weight is 356 g/mol. The minimum Gasteiger partial charge on any atom is -0.207 e. The van der Waals surface area contributed by atoms with Gasteiger partial charge in [0.25, 0.3) is 0 Å². The zero-order chi connectivity index (χ0) is 14.8. The lowest BCUT2D eigenvalue weighted by Crippen LogP contribution is -2.38. The summed E-state index contributed by atoms with van der Waals surface area (Å²) < 4.78 is 27.3. The highest BCUT2D eigenvalue weighted by atomic mass is 79.9. The minimum atomic E-state index is -3.49. The molecule has 108 valence electrons. The van der Waals surface area contributed by atoms with Crippen molar-refractivity contribution >= 4 is 36.7 Å². The summed E-state index contributed by atoms with van der Waals surface area (Å²) in [6.07, 6.45) is 0. The van der Waals surface area contributed by atoms with E-state index in [0.717, 1.165) is 10.8 Å². The van der Waals surface area contributed by atoms with Crippen molar-refractivity contribution in [2.45, 2.75) is 24.8 Å². The van der Waals surface area contributed by atoms with E-state index in [1.165, 1.54) is 4.31 Å². The van der Waals surface area contributed by atoms with Gasteiger partial charge in [0.05, 0.1) is 4.90 Å². The van der Waals surface area contributed by atoms with Gasteiger partial charge in [-0.25, -0.2) is 8.42 Å². The number of sulfonamides is 1. The molecule has 0 N–H and O–H groups in total. The van der Waals surface area contributed by atoms with E-state index < -0.39 is 10.0 Å². The van der Waals surface area contributed by atoms with Crippen LogP contribution in [0.15, 0.2) is 47.4 Å². The van der Waals surface area contributed by atoms with Crippen LogP contribution in [0, 0.1) is 0 Å². The SMILES string of the molecule is CC(C)N(CCBr)S(=O)(=O)c1cccc2ccccc12. The van der Waals surface area contributed by atoms with Crippen LogP contribution >= 0.6 is 15.9 Å². The quantitative estimate of drug-likeness (QED) is 0.767. The van der Waals surface area contributed by atoms with E-state index in [1.54, 1.807) is 12.1 Å². The fraction of sp³-hybridized carbons (Fsp3) is 0.333. The summed E-state index contributed by atoms with van der Waals surface area (Å²) in [7, 11) is -3.49. The third-order valence-corrected chi connectivity index (χ3v) is 5.71. The Morgan fingerprint density at radius 2 is 1.75 bits per heavy atom. The first kappa shape index (κ1) is 15.5. The summed E-state index contributed by atoms with van der Waals surface area (Å²) in [5.74, 6) is 0. The fourth-order valence-corrected chi connectivity index (χ4v) is 4.76. The number of rotatable bonds is 5. The summed E-state index contributed by atoms with van der Waals surface area (Å²) in [5.41, 5.74) is 0. The van der Waals surface area contributed by atoms with Crippen LogP contribution in [0.1, 0.15) is 13.8 Å². The maximum Gasteiger partial charge on any atom is 0.243 e. The third kappa shape index (κ3) is 2.90. The van der Waals surface area contributed by atoms with Gasteiger partial charge < -0.3 is 0 Å². The maximum absolute atomic E-state index is 12.9. The molecule has 0 bridgehead atoms. The zero-order valence-corrected chi connectivity index (χ0v) is 14.0. The van der Waals surface area contributed by atoms with E-state index in [2.05, 4.69) is 15.9 Å². The molecule has 0 spiro atoms. The van der Waals surface area contributed by atoms with Crippen molar-refractivity contribution in [1.82, 2.24) is 4.31 Å². The van der Waals surface area contributed by atoms with Gasteiger partial charge in [0.2, 0.25) is 10.0 Å². The van der Waals surface area contributed by atoms with Gasteiger partial charge in [0.1, 0.15) is 0 Å². The summed E-state index contributed by atoms with van der Waals surface area (Å²) in [5, 5.41) is 2.33. The topological polar surface area (TPSA) is 37.4 Å². The third-order valence-electron chi connectivity index (χ3n) is 3.22. The molecule has 0 aliphatic heterocycles. The molecule has 20 heavy (non-hydrogen) atoms. The Morgan fingerprint density at radius 1 is 1.10 bits per heavy atom. The smallest absolute Gasteiger partial charge is 0.207 e. The number of hydrogen-bond donors (Lipinski definition) is 0. The number of fused-ring (bicyclic) bond motifs is 1. The lowest BCUT2D eigenvalue weighted by Gasteiger charge is -2.25. The zero-order valence-electron chi connectivity index (χ0n) is 11.6. The van der Waals surface area contributed by atoms with Gasteiger partial charge in [-0.15, -0.1) is 0 Å². The van der Waals surface area contributed by atoms with Crippen molar-refractivity contribution in [2.75, 3.05) is 11.9 Å². The van der Waals surface area contributed by atoms with Crippen LogP contribution in [0.5, 0.6) is 0 Å². The Hall–Kier alpha value is -0.910. The lowest BCUT2D eigenvalue weighted by atomic mass is 10.1. The Bertz CT molecular complexity index is 693. The normalized spacial score (nSPS) is 12.4. The molecule has 0 saturated carbocycles. The van der Waals surface area contributed by atoms with Crippen LogP contribution in [0.25, 0.3) is 10.8 Å². The van der Waals surface area contributed by atoms with Crippen molar-refractivity contribution in [3.8, 4) is 0 Å². The first-order chi connectivity index (χ1) is 9.48. The Balaban J connectivity index is 2.62. The summed E-state index contributed by atoms with van der Waals surface area (Å²) in [6.45, 7) is 4.25. The number of nitrogens with zero attached hydrogens (tertiary/aromatic N) is 1. The molecule has 0 fully saturated rings. The van der Waals surface area contributed by atoms with Gasteiger partial charge in [0.15, 0.2) is 0 Å². The van der Waals surface area contributed by atoms with Crippen molar-refractivity contribution in [3.05, 3.63) is 42.5 Å². The molecule has 0 aromatic heterocycles. The summed E-state index contributed by atoms with van der Waals surface area (Å²) in [4.78, 5) is 0.380. The second-order valence-corrected chi connectivity index (χ2v) is 7.53. The highest BCUT2D eigenvalue weighted by Crippen LogP contribution is 2.26. The van der Waals surface area contributed by atoms with Gasteiger partial charge in [-0.2, -0.15) is 4.31 Å². The summed E-state index contributed by atoms with van der Waals surface area (Å²) >= 11 is 3.33. The van der Waals surface area contributed by atoms with Crippen LogP contribution < -0.4 is 0 Å². The molecule has 0 heterocycles. The van der Waals surface area contributed by atoms with Gasteiger partial charge >= 0.3 is 0 Å². The second-order valence-electron chi connectivity index (χ2n) is 4.88. The maximum atomic E-state index is 12.9. The van der Waals surface area contributed by atoms with E-state index in [9.17, 15) is 8.42 Å². The highest BCUT2D eigenvalue weighted by Gasteiger charge is 2.27. The Kier molecular flexibility index (Phi) is 4.83. The number of hydrogen-bond acceptors (Lipinski definition) is 2. The number of benzene rings is 2. The molecule has 0 saturated heterocycles. The molecule has 2 rings (SSSR count). The molecule has 2 aromatic carbocycles. The molecule has 2 aromatic rings. The molecule has 5 heteroatoms. The number of alkyl halides is 1. The lowest BCUT2D eigenvalue weighted by molar-refractivity contribution is 0.372. The predicted octanol–water partition coefficient (Wildman–Crippen LogP) is 3.63. The van der Waals surface area contributed by atoms with Crippen molar-refractivity contribution in [2.24, 2.45) is 0 Å². The van der Waals surface area contributed by atoms with Crippen molar-refractivity contribution in [1.29, 1.82) is 0 Å². The average Bonchev–Trinajstić information content (AvgIpc) is 2.43. The van der Waals surface area contributed by atoms with Crippen molar-refractivity contribution < 1.29 is 8.42 Å². The first-order valence-electron chi connectivity index (χ1n) is 6.54. The van der Waals surface area contributed by atoms with Crippen LogP contribution in [0.3, 0.4) is 0 Å². The van der Waals surface area contributed by atoms with Gasteiger partial charge in [-0.1, -0.05) is 52.3 Å². The predicted molar refractivity (Wildman–Crippen MR) is 86.8 cm³/mol. The largest absolute Gasteiger partial charge is 0.243 e. The van der Waals surface area contributed by atoms with Gasteiger partial charge in [-0.3, -0.25) is 0 Å². The van der Waals surface area contributed by atoms with Crippen LogP contribution in [0.2, 0.25) is 0 Å². The minimum absolute atomic E-state index is 0.0727. The highest BCUT2D eigenvalue weighted by molar-refractivity contribution is 9.09. The van der Waals surface area contributed by atoms with E-state index in [0.29, 0.717) is 16.8 Å². The fourth-order valence-electron chi connectivity index (χ4n) is 2.29. The molecular weight excluding hydrogens is 338 g/mol. The molecule has 0 aliphatic carbocycles. The summed E-state index contributed by atoms with van der Waals surface area (Å²) in [6, 6.07) is 12.9. The number of halogens is 1. The first-order valence-corrected chi connectivity index (χ1v) is 9.10. The van der Waals surface area contributed by atoms with E-state index in [1.807, 2.05) is 44.2 Å². The Morgan fingerprint density at radius 3 is 2.40 bits per heavy atom. The molecule has 0 radical (unpaired) electrons. The Labute approximate surface area is 128 Å². The molecule has 0 amide bonds. The van der Waals surface area contributed by atoms with Crippen LogP contribution in [-0.2, 0) is 10.0 Å². The molecular formula is C15H18BrNO2S. The van der Waals surface area contributed by atoms with Crippen molar-refractivity contribution in [3.63, 3.8) is 0 Å². The molecule has 0 atom stereocenters. The van der Waals surface area contributed by atoms with Gasteiger partial charge in [-0.05, 0) is 25.3 Å². The standard InChI is InChI=1S/C15H18BrNO2S/c1-12(2)17(11-10-16)20(18,19)15-9-5-7-13-6-3-4-8-14(13)15/h3-9,12H,10-11H2,1-2H3. The second kappa shape index (κ2) is 6.24. The van der Waals surface area contributed by atoms with E-state index >= 15 is 0 Å². The van der Waals surface area contributed by atoms with E-state index in [-0.39, 0.29) is 6.04 Å². The molecule has 0 unspecified atom stereocenters. The molecule has 3 nitrogen and oxygen atoms in total. The van der Waals surface area contributed by atoms with Crippen LogP contribution in [0.4, 0.5) is 0 Å². The van der Waals surface area contributed by atoms with Gasteiger partial charge in [0, 0.05) is 23.3 Å². The van der Waals surface area contributed by atoms with Crippen LogP contribution in [-0.4, -0.2) is 30.6 Å². The monoisotopic (exact) mass is 355 g/mol. The molecule has 0 aliphatic rings. The van der Waals surface area contributed by atoms with E-state index in [4.69, 9.17) is 0 Å².